The van der Waals surface area contributed by atoms with Crippen molar-refractivity contribution in [3.63, 3.8) is 0 Å². The molecule has 2 aromatic carbocycles. The van der Waals surface area contributed by atoms with Gasteiger partial charge in [0.1, 0.15) is 5.15 Å². The van der Waals surface area contributed by atoms with Crippen molar-refractivity contribution in [3.05, 3.63) is 103 Å². The number of nitrogens with zero attached hydrogens (tertiary/aromatic N) is 1. The lowest BCUT2D eigenvalue weighted by atomic mass is 9.96. The monoisotopic (exact) mass is 576 g/mol. The molecule has 36 heavy (non-hydrogen) atoms. The first kappa shape index (κ1) is 26.7. The summed E-state index contributed by atoms with van der Waals surface area (Å²) in [5.41, 5.74) is 0.437. The Kier molecular flexibility index (Phi) is 7.58. The molecule has 11 heteroatoms. The van der Waals surface area contributed by atoms with Crippen LogP contribution in [-0.2, 0) is 5.54 Å². The Balaban J connectivity index is 1.54. The van der Waals surface area contributed by atoms with Crippen molar-refractivity contribution >= 4 is 58.4 Å². The zero-order chi connectivity index (χ0) is 26.3. The molecule has 0 saturated heterocycles. The highest BCUT2D eigenvalue weighted by atomic mass is 35.5. The van der Waals surface area contributed by atoms with Gasteiger partial charge in [-0.2, -0.15) is 13.2 Å². The van der Waals surface area contributed by atoms with E-state index < -0.39 is 39.4 Å². The van der Waals surface area contributed by atoms with E-state index in [1.807, 2.05) is 0 Å². The van der Waals surface area contributed by atoms with Crippen LogP contribution in [0.1, 0.15) is 45.8 Å². The fraction of sp³-hybridized carbons (Fsp3) is 0.200. The second-order valence-corrected chi connectivity index (χ2v) is 9.93. The van der Waals surface area contributed by atoms with Crippen molar-refractivity contribution in [2.24, 2.45) is 0 Å². The minimum Gasteiger partial charge on any atom is -0.342 e. The van der Waals surface area contributed by atoms with Gasteiger partial charge in [0.25, 0.3) is 5.91 Å². The van der Waals surface area contributed by atoms with Crippen LogP contribution < -0.4 is 5.32 Å². The lowest BCUT2D eigenvalue weighted by Crippen LogP contribution is -2.35. The highest BCUT2D eigenvalue weighted by molar-refractivity contribution is 6.35. The molecule has 1 unspecified atom stereocenters. The van der Waals surface area contributed by atoms with E-state index in [-0.39, 0.29) is 16.1 Å². The third-order valence-electron chi connectivity index (χ3n) is 5.82. The highest BCUT2D eigenvalue weighted by Gasteiger charge is 2.46. The van der Waals surface area contributed by atoms with Crippen LogP contribution in [0.15, 0.2) is 54.7 Å². The van der Waals surface area contributed by atoms with E-state index in [1.165, 1.54) is 24.3 Å². The molecule has 1 fully saturated rings. The van der Waals surface area contributed by atoms with Crippen molar-refractivity contribution in [2.75, 3.05) is 0 Å². The number of rotatable bonds is 6. The van der Waals surface area contributed by atoms with Gasteiger partial charge in [-0.3, -0.25) is 4.79 Å². The lowest BCUT2D eigenvalue weighted by molar-refractivity contribution is -0.139. The summed E-state index contributed by atoms with van der Waals surface area (Å²) >= 11 is 23.5. The molecule has 0 radical (unpaired) electrons. The van der Waals surface area contributed by atoms with Gasteiger partial charge in [-0.15, -0.1) is 0 Å². The Labute approximate surface area is 224 Å². The summed E-state index contributed by atoms with van der Waals surface area (Å²) in [6.07, 6.45) is 0.438. The van der Waals surface area contributed by atoms with Crippen LogP contribution in [0, 0.1) is 5.82 Å². The number of carbonyl (C=O) groups is 1. The first-order valence-electron chi connectivity index (χ1n) is 10.5. The Morgan fingerprint density at radius 3 is 2.19 bits per heavy atom. The Morgan fingerprint density at radius 1 is 1.00 bits per heavy atom. The molecule has 188 valence electrons. The molecule has 3 nitrogen and oxygen atoms in total. The highest BCUT2D eigenvalue weighted by Crippen LogP contribution is 2.46. The molecule has 1 amide bonds. The molecule has 1 atom stereocenters. The summed E-state index contributed by atoms with van der Waals surface area (Å²) in [5.74, 6) is -3.52. The average molecular weight is 578 g/mol. The first-order valence-corrected chi connectivity index (χ1v) is 12.0. The van der Waals surface area contributed by atoms with Gasteiger partial charge >= 0.3 is 6.18 Å². The third kappa shape index (κ3) is 5.80. The number of hydrogen-bond acceptors (Lipinski definition) is 2. The number of benzene rings is 2. The Morgan fingerprint density at radius 2 is 1.67 bits per heavy atom. The summed E-state index contributed by atoms with van der Waals surface area (Å²) in [6.45, 7) is 0. The summed E-state index contributed by atoms with van der Waals surface area (Å²) in [4.78, 5) is 16.9. The molecule has 0 bridgehead atoms. The molecule has 1 heterocycles. The second-order valence-electron chi connectivity index (χ2n) is 8.32. The van der Waals surface area contributed by atoms with Crippen molar-refractivity contribution < 1.29 is 22.4 Å². The van der Waals surface area contributed by atoms with E-state index in [9.17, 15) is 22.4 Å². The zero-order valence-corrected chi connectivity index (χ0v) is 21.2. The fourth-order valence-corrected chi connectivity index (χ4v) is 4.64. The largest absolute Gasteiger partial charge is 0.399 e. The van der Waals surface area contributed by atoms with Gasteiger partial charge in [-0.25, -0.2) is 9.37 Å². The number of halogens is 8. The third-order valence-corrected chi connectivity index (χ3v) is 6.91. The van der Waals surface area contributed by atoms with E-state index in [0.717, 1.165) is 36.6 Å². The van der Waals surface area contributed by atoms with Crippen LogP contribution in [0.4, 0.5) is 17.6 Å². The minimum atomic E-state index is -4.69. The predicted molar refractivity (Wildman–Crippen MR) is 133 cm³/mol. The van der Waals surface area contributed by atoms with Crippen molar-refractivity contribution in [1.29, 1.82) is 0 Å². The molecule has 1 saturated carbocycles. The van der Waals surface area contributed by atoms with Gasteiger partial charge < -0.3 is 5.32 Å². The molecule has 1 aromatic heterocycles. The van der Waals surface area contributed by atoms with E-state index in [0.29, 0.717) is 10.7 Å². The predicted octanol–water partition coefficient (Wildman–Crippen LogP) is 8.61. The summed E-state index contributed by atoms with van der Waals surface area (Å²) in [5, 5.41) is 2.34. The quantitative estimate of drug-likeness (QED) is 0.181. The summed E-state index contributed by atoms with van der Waals surface area (Å²) < 4.78 is 54.8. The van der Waals surface area contributed by atoms with E-state index in [2.05, 4.69) is 10.3 Å². The molecule has 1 aliphatic carbocycles. The topological polar surface area (TPSA) is 42.0 Å². The molecule has 0 spiro atoms. The van der Waals surface area contributed by atoms with Gasteiger partial charge in [0.15, 0.2) is 5.82 Å². The van der Waals surface area contributed by atoms with Crippen LogP contribution in [0.3, 0.4) is 0 Å². The van der Waals surface area contributed by atoms with Crippen molar-refractivity contribution in [3.8, 4) is 0 Å². The summed E-state index contributed by atoms with van der Waals surface area (Å²) in [6, 6.07) is 9.48. The van der Waals surface area contributed by atoms with Crippen LogP contribution in [0.5, 0.6) is 0 Å². The van der Waals surface area contributed by atoms with Gasteiger partial charge in [0.05, 0.1) is 32.1 Å². The fourth-order valence-electron chi connectivity index (χ4n) is 3.74. The van der Waals surface area contributed by atoms with E-state index >= 15 is 0 Å². The maximum atomic E-state index is 13.7. The lowest BCUT2D eigenvalue weighted by Gasteiger charge is -2.19. The van der Waals surface area contributed by atoms with Crippen molar-refractivity contribution in [2.45, 2.75) is 30.5 Å². The van der Waals surface area contributed by atoms with E-state index in [4.69, 9.17) is 46.4 Å². The van der Waals surface area contributed by atoms with Crippen LogP contribution in [0.2, 0.25) is 20.2 Å². The van der Waals surface area contributed by atoms with Gasteiger partial charge in [0.2, 0.25) is 0 Å². The smallest absolute Gasteiger partial charge is 0.342 e. The SMILES string of the molecule is O=C(NC1(c2ccc(Cl)nc2)CC1)c1ccc(/C=C/C(c2cc(Cl)c(F)c(Cl)c2)C(F)(F)F)cc1Cl. The maximum Gasteiger partial charge on any atom is 0.399 e. The van der Waals surface area contributed by atoms with E-state index in [1.54, 1.807) is 18.3 Å². The zero-order valence-electron chi connectivity index (χ0n) is 18.1. The van der Waals surface area contributed by atoms with Crippen LogP contribution in [0.25, 0.3) is 6.08 Å². The van der Waals surface area contributed by atoms with Gasteiger partial charge in [0, 0.05) is 6.20 Å². The van der Waals surface area contributed by atoms with Gasteiger partial charge in [-0.1, -0.05) is 70.7 Å². The van der Waals surface area contributed by atoms with Gasteiger partial charge in [-0.05, 0) is 59.9 Å². The molecule has 4 rings (SSSR count). The van der Waals surface area contributed by atoms with Crippen molar-refractivity contribution in [1.82, 2.24) is 10.3 Å². The minimum absolute atomic E-state index is 0.0658. The average Bonchev–Trinajstić information content (AvgIpc) is 3.57. The number of aromatic nitrogens is 1. The number of pyridine rings is 1. The normalized spacial score (nSPS) is 15.7. The van der Waals surface area contributed by atoms with Crippen LogP contribution in [-0.4, -0.2) is 17.1 Å². The number of nitrogens with one attached hydrogen (secondary N) is 1. The maximum absolute atomic E-state index is 13.7. The van der Waals surface area contributed by atoms with Crippen LogP contribution >= 0.6 is 46.4 Å². The first-order chi connectivity index (χ1) is 16.9. The summed E-state index contributed by atoms with van der Waals surface area (Å²) in [7, 11) is 0. The molecular weight excluding hydrogens is 562 g/mol. The number of hydrogen-bond donors (Lipinski definition) is 1. The molecule has 3 aromatic rings. The standard InChI is InChI=1S/C25H16Cl4F4N2O/c26-18-9-13(2-5-17(25(31,32)33)14-10-19(27)22(30)20(28)11-14)1-4-16(18)23(36)35-24(7-8-24)15-3-6-21(29)34-12-15/h1-6,9-12,17H,7-8H2,(H,35,36)/b5-2+. The number of amides is 1. The second kappa shape index (κ2) is 10.2. The number of alkyl halides is 3. The molecule has 1 aliphatic rings. The molecular formula is C25H16Cl4F4N2O. The number of allylic oxidation sites excluding steroid dienone is 1. The Bertz CT molecular complexity index is 1320. The number of carbonyl (C=O) groups excluding carboxylic acids is 1. The molecule has 0 aliphatic heterocycles. The molecule has 1 N–H and O–H groups in total. The Hall–Kier alpha value is -2.32.